The lowest BCUT2D eigenvalue weighted by Gasteiger charge is -2.20. The smallest absolute Gasteiger partial charge is 0.412 e. The van der Waals surface area contributed by atoms with Crippen molar-refractivity contribution < 1.29 is 28.7 Å². The maximum Gasteiger partial charge on any atom is 0.412 e. The molecule has 0 radical (unpaired) electrons. The number of carbonyl (C=O) groups excluding carboxylic acids is 2. The van der Waals surface area contributed by atoms with Gasteiger partial charge in [-0.1, -0.05) is 6.07 Å². The molecule has 0 fully saturated rings. The number of anilines is 1. The van der Waals surface area contributed by atoms with Gasteiger partial charge in [-0.3, -0.25) is 15.4 Å². The number of non-ortho nitro benzene ring substituents is 1. The van der Waals surface area contributed by atoms with Crippen LogP contribution in [0.3, 0.4) is 0 Å². The molecule has 0 heterocycles. The number of benzene rings is 2. The first-order valence-electron chi connectivity index (χ1n) is 8.90. The molecule has 2 aromatic rings. The number of amides is 1. The molecule has 0 aliphatic rings. The normalized spacial score (nSPS) is 11.1. The Bertz CT molecular complexity index is 960. The van der Waals surface area contributed by atoms with Crippen LogP contribution < -0.4 is 14.8 Å². The molecule has 2 rings (SSSR count). The average Bonchev–Trinajstić information content (AvgIpc) is 2.65. The average molecular weight is 414 g/mol. The summed E-state index contributed by atoms with van der Waals surface area (Å²) in [4.78, 5) is 34.1. The lowest BCUT2D eigenvalue weighted by atomic mass is 10.1. The Kier molecular flexibility index (Phi) is 7.13. The first kappa shape index (κ1) is 22.4. The van der Waals surface area contributed by atoms with Crippen molar-refractivity contribution in [2.75, 3.05) is 12.4 Å². The van der Waals surface area contributed by atoms with E-state index in [0.29, 0.717) is 17.0 Å². The summed E-state index contributed by atoms with van der Waals surface area (Å²) < 4.78 is 15.6. The van der Waals surface area contributed by atoms with E-state index in [9.17, 15) is 19.7 Å². The SMILES string of the molecule is COc1ccc(/C=C/C(=O)Oc2ccc([N+](=O)[O-])cc2)cc1NC(=O)OC(C)(C)C. The van der Waals surface area contributed by atoms with Crippen LogP contribution >= 0.6 is 0 Å². The summed E-state index contributed by atoms with van der Waals surface area (Å²) in [5.74, 6) is -0.0648. The molecule has 0 saturated carbocycles. The molecule has 1 amide bonds. The highest BCUT2D eigenvalue weighted by Crippen LogP contribution is 2.27. The molecule has 30 heavy (non-hydrogen) atoms. The van der Waals surface area contributed by atoms with E-state index < -0.39 is 22.6 Å². The minimum Gasteiger partial charge on any atom is -0.495 e. The zero-order valence-corrected chi connectivity index (χ0v) is 17.0. The monoisotopic (exact) mass is 414 g/mol. The van der Waals surface area contributed by atoms with Gasteiger partial charge in [0, 0.05) is 18.2 Å². The van der Waals surface area contributed by atoms with Crippen molar-refractivity contribution in [3.63, 3.8) is 0 Å². The first-order valence-corrected chi connectivity index (χ1v) is 8.90. The van der Waals surface area contributed by atoms with Gasteiger partial charge < -0.3 is 14.2 Å². The van der Waals surface area contributed by atoms with Crippen molar-refractivity contribution in [2.45, 2.75) is 26.4 Å². The number of hydrogen-bond acceptors (Lipinski definition) is 7. The fourth-order valence-electron chi connectivity index (χ4n) is 2.29. The topological polar surface area (TPSA) is 117 Å². The van der Waals surface area contributed by atoms with Crippen LogP contribution in [0, 0.1) is 10.1 Å². The van der Waals surface area contributed by atoms with Gasteiger partial charge in [0.25, 0.3) is 5.69 Å². The zero-order valence-electron chi connectivity index (χ0n) is 17.0. The summed E-state index contributed by atoms with van der Waals surface area (Å²) in [5.41, 5.74) is 0.213. The zero-order chi connectivity index (χ0) is 22.3. The van der Waals surface area contributed by atoms with Gasteiger partial charge in [0.05, 0.1) is 17.7 Å². The molecular formula is C21H22N2O7. The van der Waals surface area contributed by atoms with Gasteiger partial charge in [0.15, 0.2) is 0 Å². The van der Waals surface area contributed by atoms with E-state index in [2.05, 4.69) is 5.32 Å². The van der Waals surface area contributed by atoms with E-state index in [0.717, 1.165) is 0 Å². The molecule has 0 aliphatic carbocycles. The van der Waals surface area contributed by atoms with Gasteiger partial charge in [-0.15, -0.1) is 0 Å². The summed E-state index contributed by atoms with van der Waals surface area (Å²) in [6.07, 6.45) is 2.05. The molecule has 2 aromatic carbocycles. The van der Waals surface area contributed by atoms with Crippen LogP contribution in [-0.4, -0.2) is 29.7 Å². The van der Waals surface area contributed by atoms with Crippen LogP contribution in [0.15, 0.2) is 48.5 Å². The minimum absolute atomic E-state index is 0.103. The highest BCUT2D eigenvalue weighted by Gasteiger charge is 2.17. The summed E-state index contributed by atoms with van der Waals surface area (Å²) in [6.45, 7) is 5.25. The predicted octanol–water partition coefficient (Wildman–Crippen LogP) is 4.57. The van der Waals surface area contributed by atoms with Crippen LogP contribution in [0.4, 0.5) is 16.2 Å². The number of ether oxygens (including phenoxy) is 3. The van der Waals surface area contributed by atoms with E-state index in [-0.39, 0.29) is 11.4 Å². The standard InChI is InChI=1S/C21H22N2O7/c1-21(2,3)30-20(25)22-17-13-14(5-11-18(17)28-4)6-12-19(24)29-16-9-7-15(8-10-16)23(26)27/h5-13H,1-4H3,(H,22,25)/b12-6+. The number of rotatable bonds is 6. The minimum atomic E-state index is -0.665. The quantitative estimate of drug-likeness (QED) is 0.242. The van der Waals surface area contributed by atoms with Crippen LogP contribution in [0.25, 0.3) is 6.08 Å². The molecule has 0 saturated heterocycles. The van der Waals surface area contributed by atoms with Gasteiger partial charge in [0.2, 0.25) is 0 Å². The highest BCUT2D eigenvalue weighted by atomic mass is 16.6. The molecule has 9 nitrogen and oxygen atoms in total. The summed E-state index contributed by atoms with van der Waals surface area (Å²) in [7, 11) is 1.46. The first-order chi connectivity index (χ1) is 14.1. The number of esters is 1. The van der Waals surface area contributed by atoms with Gasteiger partial charge in [-0.25, -0.2) is 9.59 Å². The number of methoxy groups -OCH3 is 1. The summed E-state index contributed by atoms with van der Waals surface area (Å²) >= 11 is 0. The maximum absolute atomic E-state index is 12.0. The van der Waals surface area contributed by atoms with Gasteiger partial charge >= 0.3 is 12.1 Å². The lowest BCUT2D eigenvalue weighted by molar-refractivity contribution is -0.384. The summed E-state index contributed by atoms with van der Waals surface area (Å²) in [6, 6.07) is 10.1. The second-order valence-electron chi connectivity index (χ2n) is 7.09. The van der Waals surface area contributed by atoms with E-state index >= 15 is 0 Å². The largest absolute Gasteiger partial charge is 0.495 e. The number of nitro benzene ring substituents is 1. The third-order valence-electron chi connectivity index (χ3n) is 3.54. The van der Waals surface area contributed by atoms with Gasteiger partial charge in [-0.2, -0.15) is 0 Å². The number of nitrogens with one attached hydrogen (secondary N) is 1. The van der Waals surface area contributed by atoms with E-state index in [1.807, 2.05) is 0 Å². The van der Waals surface area contributed by atoms with Crippen molar-refractivity contribution in [2.24, 2.45) is 0 Å². The predicted molar refractivity (Wildman–Crippen MR) is 111 cm³/mol. The molecule has 0 spiro atoms. The molecule has 0 atom stereocenters. The fourth-order valence-corrected chi connectivity index (χ4v) is 2.29. The Balaban J connectivity index is 2.07. The second-order valence-corrected chi connectivity index (χ2v) is 7.09. The van der Waals surface area contributed by atoms with Crippen LogP contribution in [0.2, 0.25) is 0 Å². The third-order valence-corrected chi connectivity index (χ3v) is 3.54. The van der Waals surface area contributed by atoms with Crippen molar-refractivity contribution in [1.29, 1.82) is 0 Å². The Morgan fingerprint density at radius 2 is 1.77 bits per heavy atom. The molecule has 0 bridgehead atoms. The van der Waals surface area contributed by atoms with Crippen molar-refractivity contribution in [3.05, 3.63) is 64.2 Å². The van der Waals surface area contributed by atoms with Crippen LogP contribution in [0.1, 0.15) is 26.3 Å². The van der Waals surface area contributed by atoms with Crippen LogP contribution in [-0.2, 0) is 9.53 Å². The van der Waals surface area contributed by atoms with Crippen molar-refractivity contribution in [1.82, 2.24) is 0 Å². The number of carbonyl (C=O) groups is 2. The Morgan fingerprint density at radius 3 is 2.33 bits per heavy atom. The van der Waals surface area contributed by atoms with Crippen molar-refractivity contribution >= 4 is 29.5 Å². The molecular weight excluding hydrogens is 392 g/mol. The third kappa shape index (κ3) is 6.93. The second kappa shape index (κ2) is 9.55. The van der Waals surface area contributed by atoms with E-state index in [1.54, 1.807) is 39.0 Å². The lowest BCUT2D eigenvalue weighted by Crippen LogP contribution is -2.27. The Labute approximate surface area is 173 Å². The number of nitro groups is 1. The fraction of sp³-hybridized carbons (Fsp3) is 0.238. The van der Waals surface area contributed by atoms with Crippen molar-refractivity contribution in [3.8, 4) is 11.5 Å². The Morgan fingerprint density at radius 1 is 1.10 bits per heavy atom. The van der Waals surface area contributed by atoms with E-state index in [1.165, 1.54) is 43.5 Å². The summed E-state index contributed by atoms with van der Waals surface area (Å²) in [5, 5.41) is 13.3. The van der Waals surface area contributed by atoms with Gasteiger partial charge in [0.1, 0.15) is 17.1 Å². The maximum atomic E-state index is 12.0. The Hall–Kier alpha value is -3.88. The van der Waals surface area contributed by atoms with Gasteiger partial charge in [-0.05, 0) is 56.7 Å². The number of hydrogen-bond donors (Lipinski definition) is 1. The molecule has 0 aromatic heterocycles. The molecule has 0 unspecified atom stereocenters. The highest BCUT2D eigenvalue weighted by molar-refractivity contribution is 5.90. The number of nitrogens with zero attached hydrogens (tertiary/aromatic N) is 1. The molecule has 9 heteroatoms. The molecule has 158 valence electrons. The van der Waals surface area contributed by atoms with E-state index in [4.69, 9.17) is 14.2 Å². The van der Waals surface area contributed by atoms with Crippen LogP contribution in [0.5, 0.6) is 11.5 Å². The molecule has 0 aliphatic heterocycles. The molecule has 1 N–H and O–H groups in total.